The second-order valence-electron chi connectivity index (χ2n) is 6.60. The molecule has 2 aliphatic rings. The van der Waals surface area contributed by atoms with Gasteiger partial charge in [-0.25, -0.2) is 0 Å². The molecule has 0 aliphatic carbocycles. The molecule has 0 unspecified atom stereocenters. The fourth-order valence-corrected chi connectivity index (χ4v) is 3.23. The number of methoxy groups -OCH3 is 1. The molecular weight excluding hydrogens is 320 g/mol. The molecule has 0 amide bonds. The van der Waals surface area contributed by atoms with Crippen molar-refractivity contribution in [3.05, 3.63) is 60.7 Å². The molecule has 2 fully saturated rings. The highest BCUT2D eigenvalue weighted by molar-refractivity contribution is 5.17. The Kier molecular flexibility index (Phi) is 5.71. The third-order valence-electron chi connectivity index (χ3n) is 4.56. The van der Waals surface area contributed by atoms with E-state index in [-0.39, 0.29) is 12.2 Å². The maximum Gasteiger partial charge on any atom is 0.190 e. The second-order valence-corrected chi connectivity index (χ2v) is 6.60. The van der Waals surface area contributed by atoms with Crippen molar-refractivity contribution in [2.75, 3.05) is 20.3 Å². The van der Waals surface area contributed by atoms with Crippen molar-refractivity contribution in [2.24, 2.45) is 0 Å². The van der Waals surface area contributed by atoms with Crippen molar-refractivity contribution < 1.29 is 23.7 Å². The largest absolute Gasteiger partial charge is 0.361 e. The van der Waals surface area contributed by atoms with E-state index in [9.17, 15) is 0 Å². The highest BCUT2D eigenvalue weighted by atomic mass is 16.8. The van der Waals surface area contributed by atoms with Gasteiger partial charge in [0.2, 0.25) is 0 Å². The molecule has 136 valence electrons. The molecule has 0 bridgehead atoms. The first-order valence-corrected chi connectivity index (χ1v) is 8.50. The zero-order valence-electron chi connectivity index (χ0n) is 14.9. The zero-order chi connectivity index (χ0) is 17.9. The number of ether oxygens (including phenoxy) is 5. The number of hydrogen-bond acceptors (Lipinski definition) is 5. The molecule has 5 atom stereocenters. The standard InChI is InChI=1S/C20H26O5/c1-5-20(23-12-14(2)3)11-16-17(25-19(20)21-4)13-22-18(24-16)15-9-7-6-8-10-15/h5-10,16-19H,1-2,11-13H2,3-4H3/t16-,17+,18+,19-,20+/m0/s1. The molecule has 25 heavy (non-hydrogen) atoms. The lowest BCUT2D eigenvalue weighted by atomic mass is 9.88. The lowest BCUT2D eigenvalue weighted by Gasteiger charge is -2.49. The van der Waals surface area contributed by atoms with E-state index < -0.39 is 18.2 Å². The third kappa shape index (κ3) is 3.86. The molecule has 0 saturated carbocycles. The summed E-state index contributed by atoms with van der Waals surface area (Å²) >= 11 is 0. The number of fused-ring (bicyclic) bond motifs is 1. The van der Waals surface area contributed by atoms with Crippen LogP contribution in [0.5, 0.6) is 0 Å². The summed E-state index contributed by atoms with van der Waals surface area (Å²) in [4.78, 5) is 0. The minimum Gasteiger partial charge on any atom is -0.361 e. The van der Waals surface area contributed by atoms with Crippen LogP contribution in [-0.4, -0.2) is 44.4 Å². The summed E-state index contributed by atoms with van der Waals surface area (Å²) in [7, 11) is 1.60. The van der Waals surface area contributed by atoms with Crippen LogP contribution in [-0.2, 0) is 23.7 Å². The van der Waals surface area contributed by atoms with E-state index in [2.05, 4.69) is 13.2 Å². The van der Waals surface area contributed by atoms with Crippen molar-refractivity contribution in [1.82, 2.24) is 0 Å². The Morgan fingerprint density at radius 2 is 2.04 bits per heavy atom. The maximum atomic E-state index is 6.18. The summed E-state index contributed by atoms with van der Waals surface area (Å²) < 4.78 is 29.7. The normalized spacial score (nSPS) is 35.0. The van der Waals surface area contributed by atoms with E-state index in [1.165, 1.54) is 0 Å². The predicted molar refractivity (Wildman–Crippen MR) is 94.0 cm³/mol. The van der Waals surface area contributed by atoms with E-state index in [4.69, 9.17) is 23.7 Å². The third-order valence-corrected chi connectivity index (χ3v) is 4.56. The van der Waals surface area contributed by atoms with Gasteiger partial charge in [-0.15, -0.1) is 6.58 Å². The van der Waals surface area contributed by atoms with E-state index in [0.29, 0.717) is 19.6 Å². The Bertz CT molecular complexity index is 601. The van der Waals surface area contributed by atoms with Gasteiger partial charge in [-0.2, -0.15) is 0 Å². The topological polar surface area (TPSA) is 46.2 Å². The van der Waals surface area contributed by atoms with Gasteiger partial charge in [-0.3, -0.25) is 0 Å². The molecule has 5 nitrogen and oxygen atoms in total. The van der Waals surface area contributed by atoms with E-state index in [1.54, 1.807) is 13.2 Å². The van der Waals surface area contributed by atoms with Gasteiger partial charge in [0.25, 0.3) is 0 Å². The lowest BCUT2D eigenvalue weighted by molar-refractivity contribution is -0.351. The van der Waals surface area contributed by atoms with Crippen LogP contribution >= 0.6 is 0 Å². The van der Waals surface area contributed by atoms with E-state index in [0.717, 1.165) is 11.1 Å². The minimum absolute atomic E-state index is 0.173. The van der Waals surface area contributed by atoms with Gasteiger partial charge < -0.3 is 23.7 Å². The Balaban J connectivity index is 1.77. The molecule has 0 aromatic heterocycles. The van der Waals surface area contributed by atoms with Crippen LogP contribution in [0.2, 0.25) is 0 Å². The summed E-state index contributed by atoms with van der Waals surface area (Å²) in [6.45, 7) is 10.6. The van der Waals surface area contributed by atoms with Gasteiger partial charge in [-0.05, 0) is 6.92 Å². The summed E-state index contributed by atoms with van der Waals surface area (Å²) in [6, 6.07) is 9.89. The molecule has 0 N–H and O–H groups in total. The quantitative estimate of drug-likeness (QED) is 0.739. The van der Waals surface area contributed by atoms with Crippen molar-refractivity contribution in [2.45, 2.75) is 43.7 Å². The van der Waals surface area contributed by atoms with Crippen LogP contribution in [0, 0.1) is 0 Å². The average Bonchev–Trinajstić information content (AvgIpc) is 2.65. The Morgan fingerprint density at radius 1 is 1.28 bits per heavy atom. The first-order valence-electron chi connectivity index (χ1n) is 8.50. The molecule has 2 heterocycles. The van der Waals surface area contributed by atoms with Gasteiger partial charge in [0.15, 0.2) is 12.6 Å². The maximum absolute atomic E-state index is 6.18. The van der Waals surface area contributed by atoms with Crippen molar-refractivity contribution in [3.8, 4) is 0 Å². The van der Waals surface area contributed by atoms with Crippen LogP contribution in [0.3, 0.4) is 0 Å². The molecular formula is C20H26O5. The van der Waals surface area contributed by atoms with E-state index in [1.807, 2.05) is 37.3 Å². The number of benzene rings is 1. The first kappa shape index (κ1) is 18.3. The average molecular weight is 346 g/mol. The Morgan fingerprint density at radius 3 is 2.68 bits per heavy atom. The Labute approximate surface area is 149 Å². The molecule has 5 heteroatoms. The van der Waals surface area contributed by atoms with E-state index >= 15 is 0 Å². The summed E-state index contributed by atoms with van der Waals surface area (Å²) in [5.74, 6) is 0. The SMILES string of the molecule is C=C[C@@]1(OCC(=C)C)C[C@@H]2O[C@H](c3ccccc3)OC[C@H]2O[C@@H]1OC. The molecule has 3 rings (SSSR count). The van der Waals surface area contributed by atoms with Crippen molar-refractivity contribution in [1.29, 1.82) is 0 Å². The summed E-state index contributed by atoms with van der Waals surface area (Å²) in [6.07, 6.45) is 0.982. The lowest BCUT2D eigenvalue weighted by Crippen LogP contribution is -2.60. The summed E-state index contributed by atoms with van der Waals surface area (Å²) in [5.41, 5.74) is 1.13. The number of rotatable bonds is 6. The monoisotopic (exact) mass is 346 g/mol. The zero-order valence-corrected chi connectivity index (χ0v) is 14.9. The molecule has 1 aromatic carbocycles. The minimum atomic E-state index is -0.784. The number of hydrogen-bond donors (Lipinski definition) is 0. The van der Waals surface area contributed by atoms with Crippen LogP contribution in [0.25, 0.3) is 0 Å². The van der Waals surface area contributed by atoms with Crippen LogP contribution < -0.4 is 0 Å². The van der Waals surface area contributed by atoms with Gasteiger partial charge in [0.05, 0.1) is 19.3 Å². The first-order chi connectivity index (χ1) is 12.1. The van der Waals surface area contributed by atoms with Crippen LogP contribution in [0.4, 0.5) is 0 Å². The van der Waals surface area contributed by atoms with Crippen molar-refractivity contribution in [3.63, 3.8) is 0 Å². The predicted octanol–water partition coefficient (Wildman–Crippen LogP) is 3.38. The Hall–Kier alpha value is -1.50. The molecule has 1 aromatic rings. The molecule has 0 radical (unpaired) electrons. The fraction of sp³-hybridized carbons (Fsp3) is 0.500. The fourth-order valence-electron chi connectivity index (χ4n) is 3.23. The highest BCUT2D eigenvalue weighted by Crippen LogP contribution is 2.40. The molecule has 2 aliphatic heterocycles. The molecule has 0 spiro atoms. The van der Waals surface area contributed by atoms with Gasteiger partial charge in [0.1, 0.15) is 11.7 Å². The van der Waals surface area contributed by atoms with Gasteiger partial charge >= 0.3 is 0 Å². The van der Waals surface area contributed by atoms with Crippen LogP contribution in [0.1, 0.15) is 25.2 Å². The van der Waals surface area contributed by atoms with Gasteiger partial charge in [-0.1, -0.05) is 48.6 Å². The smallest absolute Gasteiger partial charge is 0.190 e. The summed E-state index contributed by atoms with van der Waals surface area (Å²) in [5, 5.41) is 0. The highest BCUT2D eigenvalue weighted by Gasteiger charge is 2.51. The van der Waals surface area contributed by atoms with Gasteiger partial charge in [0, 0.05) is 19.1 Å². The van der Waals surface area contributed by atoms with Crippen LogP contribution in [0.15, 0.2) is 55.1 Å². The second kappa shape index (κ2) is 7.81. The van der Waals surface area contributed by atoms with Crippen molar-refractivity contribution >= 4 is 0 Å². The molecule has 2 saturated heterocycles.